The van der Waals surface area contributed by atoms with E-state index in [2.05, 4.69) is 106 Å². The summed E-state index contributed by atoms with van der Waals surface area (Å²) < 4.78 is 0. The van der Waals surface area contributed by atoms with E-state index in [4.69, 9.17) is 0 Å². The van der Waals surface area contributed by atoms with Crippen molar-refractivity contribution < 1.29 is 0 Å². The Kier molecular flexibility index (Phi) is 8.16. The van der Waals surface area contributed by atoms with Crippen LogP contribution in [0.25, 0.3) is 5.70 Å². The van der Waals surface area contributed by atoms with Crippen LogP contribution in [0.4, 0.5) is 0 Å². The normalized spacial score (nSPS) is 21.6. The van der Waals surface area contributed by atoms with Crippen LogP contribution in [0.2, 0.25) is 0 Å². The number of rotatable bonds is 9. The summed E-state index contributed by atoms with van der Waals surface area (Å²) in [6, 6.07) is 19.8. The molecule has 2 aliphatic rings. The van der Waals surface area contributed by atoms with Gasteiger partial charge in [0.05, 0.1) is 0 Å². The summed E-state index contributed by atoms with van der Waals surface area (Å²) >= 11 is 0. The van der Waals surface area contributed by atoms with Crippen LogP contribution >= 0.6 is 0 Å². The minimum atomic E-state index is 0.000927. The van der Waals surface area contributed by atoms with Crippen molar-refractivity contribution in [2.75, 3.05) is 0 Å². The molecule has 1 saturated carbocycles. The molecule has 2 aromatic carbocycles. The van der Waals surface area contributed by atoms with Crippen LogP contribution in [-0.4, -0.2) is 0 Å². The molecule has 0 bridgehead atoms. The first-order chi connectivity index (χ1) is 16.9. The van der Waals surface area contributed by atoms with Crippen LogP contribution in [0, 0.1) is 11.3 Å². The van der Waals surface area contributed by atoms with Gasteiger partial charge in [-0.25, -0.2) is 0 Å². The molecule has 0 heterocycles. The largest absolute Gasteiger partial charge is 0.356 e. The van der Waals surface area contributed by atoms with E-state index in [0.29, 0.717) is 11.8 Å². The zero-order valence-corrected chi connectivity index (χ0v) is 22.1. The van der Waals surface area contributed by atoms with Crippen molar-refractivity contribution in [2.24, 2.45) is 11.3 Å². The first-order valence-corrected chi connectivity index (χ1v) is 13.6. The predicted octanol–water partition coefficient (Wildman–Crippen LogP) is 9.36. The molecule has 0 spiro atoms. The van der Waals surface area contributed by atoms with Gasteiger partial charge in [0.15, 0.2) is 0 Å². The van der Waals surface area contributed by atoms with Crippen LogP contribution < -0.4 is 5.32 Å². The molecule has 184 valence electrons. The summed E-state index contributed by atoms with van der Waals surface area (Å²) in [6.45, 7) is 15.8. The molecular weight excluding hydrogens is 422 g/mol. The lowest BCUT2D eigenvalue weighted by Gasteiger charge is -2.34. The molecule has 1 nitrogen and oxygen atoms in total. The van der Waals surface area contributed by atoms with Crippen LogP contribution in [0.3, 0.4) is 0 Å². The van der Waals surface area contributed by atoms with Gasteiger partial charge in [0.1, 0.15) is 0 Å². The first-order valence-electron chi connectivity index (χ1n) is 13.6. The Hall–Kier alpha value is -2.80. The smallest absolute Gasteiger partial charge is 0.0384 e. The molecule has 2 aromatic rings. The van der Waals surface area contributed by atoms with Crippen molar-refractivity contribution in [3.8, 4) is 0 Å². The highest BCUT2D eigenvalue weighted by Gasteiger charge is 2.37. The Morgan fingerprint density at radius 2 is 1.63 bits per heavy atom. The van der Waals surface area contributed by atoms with Gasteiger partial charge in [0, 0.05) is 16.8 Å². The number of nitrogens with one attached hydrogen (secondary N) is 1. The van der Waals surface area contributed by atoms with E-state index in [1.165, 1.54) is 66.5 Å². The fourth-order valence-corrected chi connectivity index (χ4v) is 6.15. The molecular formula is C34H43N. The van der Waals surface area contributed by atoms with Gasteiger partial charge >= 0.3 is 0 Å². The molecule has 4 rings (SSSR count). The van der Waals surface area contributed by atoms with E-state index in [-0.39, 0.29) is 5.41 Å². The van der Waals surface area contributed by atoms with Crippen molar-refractivity contribution in [3.05, 3.63) is 113 Å². The van der Waals surface area contributed by atoms with E-state index >= 15 is 0 Å². The zero-order valence-electron chi connectivity index (χ0n) is 22.1. The molecule has 2 aliphatic carbocycles. The second-order valence-corrected chi connectivity index (χ2v) is 10.9. The summed E-state index contributed by atoms with van der Waals surface area (Å²) in [5, 5.41) is 3.63. The van der Waals surface area contributed by atoms with E-state index < -0.39 is 0 Å². The summed E-state index contributed by atoms with van der Waals surface area (Å²) in [7, 11) is 0. The second-order valence-electron chi connectivity index (χ2n) is 10.9. The average molecular weight is 466 g/mol. The lowest BCUT2D eigenvalue weighted by molar-refractivity contribution is 0.393. The summed E-state index contributed by atoms with van der Waals surface area (Å²) in [5.74, 6) is 1.16. The average Bonchev–Trinajstić information content (AvgIpc) is 3.05. The van der Waals surface area contributed by atoms with E-state index in [1.54, 1.807) is 0 Å². The zero-order chi connectivity index (χ0) is 24.8. The maximum Gasteiger partial charge on any atom is 0.0384 e. The van der Waals surface area contributed by atoms with Crippen LogP contribution in [-0.2, 0) is 6.42 Å². The molecule has 0 radical (unpaired) electrons. The Morgan fingerprint density at radius 3 is 2.26 bits per heavy atom. The Labute approximate surface area is 213 Å². The molecule has 1 fully saturated rings. The van der Waals surface area contributed by atoms with Gasteiger partial charge in [-0.05, 0) is 72.8 Å². The second kappa shape index (κ2) is 11.3. The lowest BCUT2D eigenvalue weighted by Crippen LogP contribution is -2.24. The van der Waals surface area contributed by atoms with Crippen LogP contribution in [0.5, 0.6) is 0 Å². The van der Waals surface area contributed by atoms with Gasteiger partial charge in [-0.2, -0.15) is 0 Å². The first kappa shape index (κ1) is 25.3. The van der Waals surface area contributed by atoms with Crippen molar-refractivity contribution >= 4 is 5.70 Å². The van der Waals surface area contributed by atoms with Gasteiger partial charge in [-0.3, -0.25) is 0 Å². The highest BCUT2D eigenvalue weighted by Crippen LogP contribution is 2.49. The van der Waals surface area contributed by atoms with Crippen molar-refractivity contribution in [3.63, 3.8) is 0 Å². The lowest BCUT2D eigenvalue weighted by atomic mass is 9.69. The maximum atomic E-state index is 4.46. The third-order valence-electron chi connectivity index (χ3n) is 8.59. The van der Waals surface area contributed by atoms with E-state index in [9.17, 15) is 0 Å². The number of allylic oxidation sites excluding steroid dienone is 4. The quantitative estimate of drug-likeness (QED) is 0.287. The Bertz CT molecular complexity index is 1080. The topological polar surface area (TPSA) is 12.0 Å². The van der Waals surface area contributed by atoms with E-state index in [0.717, 1.165) is 24.1 Å². The number of hydrogen-bond donors (Lipinski definition) is 1. The fourth-order valence-electron chi connectivity index (χ4n) is 6.15. The number of benzene rings is 2. The standard InChI is InChI=1S/C34H43N/c1-6-32(31-16-12-9-13-17-31)34(5)23-22-33(26(34)3)35-27(4)30-20-18-28(19-21-30)24-25(2)29-14-10-7-8-11-15-29/h9,12-13,16-23,29,32,35H,2,4,6-8,10-11,14-15,24H2,1,3,5H3. The molecule has 1 heteroatoms. The molecule has 0 aliphatic heterocycles. The van der Waals surface area contributed by atoms with Gasteiger partial charge in [-0.1, -0.05) is 119 Å². The van der Waals surface area contributed by atoms with Gasteiger partial charge in [0.25, 0.3) is 0 Å². The highest BCUT2D eigenvalue weighted by molar-refractivity contribution is 5.65. The van der Waals surface area contributed by atoms with Crippen LogP contribution in [0.1, 0.15) is 88.3 Å². The van der Waals surface area contributed by atoms with Crippen LogP contribution in [0.15, 0.2) is 96.8 Å². The predicted molar refractivity (Wildman–Crippen MR) is 152 cm³/mol. The summed E-state index contributed by atoms with van der Waals surface area (Å²) in [4.78, 5) is 0. The molecule has 2 atom stereocenters. The number of hydrogen-bond acceptors (Lipinski definition) is 1. The minimum absolute atomic E-state index is 0.000927. The monoisotopic (exact) mass is 465 g/mol. The molecule has 0 amide bonds. The van der Waals surface area contributed by atoms with Gasteiger partial charge in [0.2, 0.25) is 0 Å². The third-order valence-corrected chi connectivity index (χ3v) is 8.59. The fraction of sp³-hybridized carbons (Fsp3) is 0.412. The Morgan fingerprint density at radius 1 is 0.971 bits per heavy atom. The van der Waals surface area contributed by atoms with Crippen molar-refractivity contribution in [1.82, 2.24) is 5.32 Å². The molecule has 1 N–H and O–H groups in total. The van der Waals surface area contributed by atoms with Crippen molar-refractivity contribution in [1.29, 1.82) is 0 Å². The van der Waals surface area contributed by atoms with Crippen molar-refractivity contribution in [2.45, 2.75) is 78.1 Å². The molecule has 35 heavy (non-hydrogen) atoms. The van der Waals surface area contributed by atoms with E-state index in [1.807, 2.05) is 0 Å². The van der Waals surface area contributed by atoms with Gasteiger partial charge < -0.3 is 5.32 Å². The SMILES string of the molecule is C=C(NC1=C(C)C(C)(C(CC)c2ccccc2)C=C1)c1ccc(CC(=C)C2CCCCCC2)cc1. The Balaban J connectivity index is 1.41. The minimum Gasteiger partial charge on any atom is -0.356 e. The maximum absolute atomic E-state index is 4.46. The summed E-state index contributed by atoms with van der Waals surface area (Å²) in [5.41, 5.74) is 8.83. The third kappa shape index (κ3) is 5.72. The molecule has 0 aromatic heterocycles. The highest BCUT2D eigenvalue weighted by atomic mass is 14.9. The summed E-state index contributed by atoms with van der Waals surface area (Å²) in [6.07, 6.45) is 14.9. The molecule has 2 unspecified atom stereocenters. The van der Waals surface area contributed by atoms with Gasteiger partial charge in [-0.15, -0.1) is 0 Å². The molecule has 0 saturated heterocycles.